The molecule has 24 heavy (non-hydrogen) atoms. The molecule has 2 rings (SSSR count). The Kier molecular flexibility index (Phi) is 6.14. The van der Waals surface area contributed by atoms with Crippen molar-refractivity contribution in [2.75, 3.05) is 13.2 Å². The minimum Gasteiger partial charge on any atom is -0.478 e. The third kappa shape index (κ3) is 3.41. The van der Waals surface area contributed by atoms with Crippen molar-refractivity contribution in [3.05, 3.63) is 11.6 Å². The SMILES string of the molecule is C[C@@H]1CC[C@@]2(C)C(C(=O)O)=CCC[C@H]2[C@@]1(C)CCC(CO)CCO. The predicted molar refractivity (Wildman–Crippen MR) is 94.6 cm³/mol. The Bertz CT molecular complexity index is 486. The molecule has 3 N–H and O–H groups in total. The lowest BCUT2D eigenvalue weighted by Gasteiger charge is -2.57. The average molecular weight is 338 g/mol. The van der Waals surface area contributed by atoms with Crippen LogP contribution < -0.4 is 0 Å². The highest BCUT2D eigenvalue weighted by Gasteiger charge is 2.55. The summed E-state index contributed by atoms with van der Waals surface area (Å²) in [5, 5.41) is 28.4. The van der Waals surface area contributed by atoms with E-state index in [1.54, 1.807) is 0 Å². The van der Waals surface area contributed by atoms with Crippen LogP contribution >= 0.6 is 0 Å². The number of hydrogen-bond acceptors (Lipinski definition) is 3. The fourth-order valence-electron chi connectivity index (χ4n) is 5.47. The molecule has 1 unspecified atom stereocenters. The number of aliphatic hydroxyl groups excluding tert-OH is 2. The van der Waals surface area contributed by atoms with E-state index in [4.69, 9.17) is 5.11 Å². The number of aliphatic hydroxyl groups is 2. The number of fused-ring (bicyclic) bond motifs is 1. The van der Waals surface area contributed by atoms with Crippen molar-refractivity contribution in [3.8, 4) is 0 Å². The summed E-state index contributed by atoms with van der Waals surface area (Å²) in [6, 6.07) is 0. The van der Waals surface area contributed by atoms with Crippen molar-refractivity contribution in [3.63, 3.8) is 0 Å². The molecule has 0 aliphatic heterocycles. The monoisotopic (exact) mass is 338 g/mol. The first-order valence-corrected chi connectivity index (χ1v) is 9.45. The van der Waals surface area contributed by atoms with Crippen molar-refractivity contribution in [2.24, 2.45) is 28.6 Å². The molecular formula is C20H34O4. The zero-order valence-corrected chi connectivity index (χ0v) is 15.4. The molecule has 0 aromatic rings. The van der Waals surface area contributed by atoms with Crippen LogP contribution in [0.1, 0.15) is 65.7 Å². The van der Waals surface area contributed by atoms with E-state index < -0.39 is 5.97 Å². The van der Waals surface area contributed by atoms with Gasteiger partial charge in [-0.1, -0.05) is 26.8 Å². The van der Waals surface area contributed by atoms with E-state index in [1.807, 2.05) is 6.08 Å². The van der Waals surface area contributed by atoms with Crippen molar-refractivity contribution in [2.45, 2.75) is 65.7 Å². The minimum atomic E-state index is -0.757. The van der Waals surface area contributed by atoms with Crippen LogP contribution in [0, 0.1) is 28.6 Å². The number of aliphatic carboxylic acids is 1. The van der Waals surface area contributed by atoms with Crippen molar-refractivity contribution >= 4 is 5.97 Å². The van der Waals surface area contributed by atoms with Gasteiger partial charge >= 0.3 is 5.97 Å². The summed E-state index contributed by atoms with van der Waals surface area (Å²) < 4.78 is 0. The number of carboxylic acids is 1. The Morgan fingerprint density at radius 3 is 2.58 bits per heavy atom. The summed E-state index contributed by atoms with van der Waals surface area (Å²) in [4.78, 5) is 11.8. The molecular weight excluding hydrogens is 304 g/mol. The molecule has 1 fully saturated rings. The Morgan fingerprint density at radius 2 is 2.00 bits per heavy atom. The zero-order valence-electron chi connectivity index (χ0n) is 15.4. The van der Waals surface area contributed by atoms with Gasteiger partial charge in [-0.05, 0) is 68.1 Å². The van der Waals surface area contributed by atoms with Gasteiger partial charge in [-0.3, -0.25) is 0 Å². The zero-order chi connectivity index (χ0) is 18.0. The average Bonchev–Trinajstić information content (AvgIpc) is 2.55. The lowest BCUT2D eigenvalue weighted by atomic mass is 9.46. The fourth-order valence-corrected chi connectivity index (χ4v) is 5.47. The number of allylic oxidation sites excluding steroid dienone is 1. The maximum Gasteiger partial charge on any atom is 0.331 e. The predicted octanol–water partition coefficient (Wildman–Crippen LogP) is 3.62. The van der Waals surface area contributed by atoms with Gasteiger partial charge in [-0.25, -0.2) is 4.79 Å². The molecule has 4 nitrogen and oxygen atoms in total. The second kappa shape index (κ2) is 7.57. The number of carboxylic acid groups (broad SMARTS) is 1. The van der Waals surface area contributed by atoms with Crippen LogP contribution in [-0.2, 0) is 4.79 Å². The summed E-state index contributed by atoms with van der Waals surface area (Å²) in [7, 11) is 0. The molecule has 0 aromatic carbocycles. The topological polar surface area (TPSA) is 77.8 Å². The number of hydrogen-bond donors (Lipinski definition) is 3. The van der Waals surface area contributed by atoms with E-state index in [2.05, 4.69) is 20.8 Å². The molecule has 0 saturated heterocycles. The smallest absolute Gasteiger partial charge is 0.331 e. The van der Waals surface area contributed by atoms with Gasteiger partial charge in [0.15, 0.2) is 0 Å². The highest BCUT2D eigenvalue weighted by atomic mass is 16.4. The molecule has 0 spiro atoms. The van der Waals surface area contributed by atoms with Crippen LogP contribution in [0.4, 0.5) is 0 Å². The largest absolute Gasteiger partial charge is 0.478 e. The molecule has 0 heterocycles. The molecule has 2 aliphatic rings. The summed E-state index contributed by atoms with van der Waals surface area (Å²) in [5.41, 5.74) is 0.466. The maximum atomic E-state index is 11.8. The summed E-state index contributed by atoms with van der Waals surface area (Å²) >= 11 is 0. The van der Waals surface area contributed by atoms with Crippen molar-refractivity contribution < 1.29 is 20.1 Å². The molecule has 2 aliphatic carbocycles. The Morgan fingerprint density at radius 1 is 1.29 bits per heavy atom. The van der Waals surface area contributed by atoms with Crippen LogP contribution in [-0.4, -0.2) is 34.5 Å². The lowest BCUT2D eigenvalue weighted by molar-refractivity contribution is -0.137. The summed E-state index contributed by atoms with van der Waals surface area (Å²) in [6.45, 7) is 7.02. The Labute approximate surface area is 146 Å². The third-order valence-electron chi connectivity index (χ3n) is 7.32. The third-order valence-corrected chi connectivity index (χ3v) is 7.32. The van der Waals surface area contributed by atoms with Crippen LogP contribution in [0.25, 0.3) is 0 Å². The summed E-state index contributed by atoms with van der Waals surface area (Å²) in [5.74, 6) is 0.313. The first kappa shape index (κ1) is 19.5. The molecule has 0 radical (unpaired) electrons. The number of carbonyl (C=O) groups is 1. The quantitative estimate of drug-likeness (QED) is 0.662. The van der Waals surface area contributed by atoms with Gasteiger partial charge in [-0.2, -0.15) is 0 Å². The van der Waals surface area contributed by atoms with Gasteiger partial charge in [0.1, 0.15) is 0 Å². The van der Waals surface area contributed by atoms with Crippen molar-refractivity contribution in [1.82, 2.24) is 0 Å². The molecule has 5 atom stereocenters. The first-order valence-electron chi connectivity index (χ1n) is 9.45. The molecule has 4 heteroatoms. The van der Waals surface area contributed by atoms with Crippen LogP contribution in [0.5, 0.6) is 0 Å². The molecule has 0 bridgehead atoms. The molecule has 1 saturated carbocycles. The summed E-state index contributed by atoms with van der Waals surface area (Å²) in [6.07, 6.45) is 8.39. The second-order valence-corrected chi connectivity index (χ2v) is 8.52. The molecule has 0 aromatic heterocycles. The van der Waals surface area contributed by atoms with Gasteiger partial charge < -0.3 is 15.3 Å². The van der Waals surface area contributed by atoms with E-state index in [9.17, 15) is 15.0 Å². The van der Waals surface area contributed by atoms with E-state index in [0.29, 0.717) is 23.8 Å². The van der Waals surface area contributed by atoms with E-state index in [0.717, 1.165) is 38.5 Å². The molecule has 0 amide bonds. The first-order chi connectivity index (χ1) is 11.3. The van der Waals surface area contributed by atoms with Crippen LogP contribution in [0.2, 0.25) is 0 Å². The maximum absolute atomic E-state index is 11.8. The van der Waals surface area contributed by atoms with Crippen LogP contribution in [0.15, 0.2) is 11.6 Å². The number of rotatable bonds is 7. The highest BCUT2D eigenvalue weighted by molar-refractivity contribution is 5.88. The lowest BCUT2D eigenvalue weighted by Crippen LogP contribution is -2.51. The van der Waals surface area contributed by atoms with Gasteiger partial charge in [0.05, 0.1) is 0 Å². The standard InChI is InChI=1S/C20H34O4/c1-14-7-10-20(3)16(18(23)24)5-4-6-17(20)19(14,2)11-8-15(13-22)9-12-21/h5,14-15,17,21-22H,4,6-13H2,1-3H3,(H,23,24)/t14-,15?,17+,19+,20+/m1/s1. The van der Waals surface area contributed by atoms with Gasteiger partial charge in [0, 0.05) is 24.2 Å². The van der Waals surface area contributed by atoms with Gasteiger partial charge in [0.25, 0.3) is 0 Å². The van der Waals surface area contributed by atoms with Gasteiger partial charge in [0.2, 0.25) is 0 Å². The van der Waals surface area contributed by atoms with E-state index in [-0.39, 0.29) is 30.0 Å². The van der Waals surface area contributed by atoms with E-state index in [1.165, 1.54) is 0 Å². The normalized spacial score (nSPS) is 37.5. The van der Waals surface area contributed by atoms with Crippen molar-refractivity contribution in [1.29, 1.82) is 0 Å². The Balaban J connectivity index is 2.24. The second-order valence-electron chi connectivity index (χ2n) is 8.52. The van der Waals surface area contributed by atoms with E-state index >= 15 is 0 Å². The van der Waals surface area contributed by atoms with Crippen LogP contribution in [0.3, 0.4) is 0 Å². The highest BCUT2D eigenvalue weighted by Crippen LogP contribution is 2.62. The Hall–Kier alpha value is -0.870. The minimum absolute atomic E-state index is 0.0881. The fraction of sp³-hybridized carbons (Fsp3) is 0.850. The molecule has 138 valence electrons. The van der Waals surface area contributed by atoms with Gasteiger partial charge in [-0.15, -0.1) is 0 Å².